The van der Waals surface area contributed by atoms with Gasteiger partial charge < -0.3 is 15.7 Å². The topological polar surface area (TPSA) is 137 Å². The number of nitrogens with zero attached hydrogens (tertiary/aromatic N) is 4. The van der Waals surface area contributed by atoms with Crippen LogP contribution in [0, 0.1) is 0 Å². The van der Waals surface area contributed by atoms with Crippen molar-refractivity contribution in [3.8, 4) is 17.0 Å². The van der Waals surface area contributed by atoms with Crippen molar-refractivity contribution in [2.45, 2.75) is 19.4 Å². The lowest BCUT2D eigenvalue weighted by atomic mass is 10.1. The summed E-state index contributed by atoms with van der Waals surface area (Å²) in [5.74, 6) is 0.435. The largest absolute Gasteiger partial charge is 0.508 e. The summed E-state index contributed by atoms with van der Waals surface area (Å²) in [5.41, 5.74) is 3.78. The van der Waals surface area contributed by atoms with Crippen LogP contribution in [0.25, 0.3) is 11.3 Å². The lowest BCUT2D eigenvalue weighted by molar-refractivity contribution is 0.0947. The molecule has 40 heavy (non-hydrogen) atoms. The number of phenolic OH excluding ortho intramolecular Hbond substituents is 1. The Morgan fingerprint density at radius 3 is 2.50 bits per heavy atom. The molecule has 0 spiro atoms. The number of anilines is 1. The van der Waals surface area contributed by atoms with Gasteiger partial charge in [0.05, 0.1) is 11.9 Å². The van der Waals surface area contributed by atoms with Crippen LogP contribution in [0.2, 0.25) is 0 Å². The first-order chi connectivity index (χ1) is 19.3. The minimum atomic E-state index is -3.48. The fourth-order valence-electron chi connectivity index (χ4n) is 4.03. The molecule has 2 aromatic heterocycles. The predicted octanol–water partition coefficient (Wildman–Crippen LogP) is 3.48. The summed E-state index contributed by atoms with van der Waals surface area (Å²) < 4.78 is 26.4. The van der Waals surface area contributed by atoms with E-state index in [0.717, 1.165) is 23.1 Å². The van der Waals surface area contributed by atoms with Crippen molar-refractivity contribution in [2.24, 2.45) is 0 Å². The smallest absolute Gasteiger partial charge is 0.269 e. The van der Waals surface area contributed by atoms with E-state index in [0.29, 0.717) is 36.8 Å². The van der Waals surface area contributed by atoms with Crippen LogP contribution < -0.4 is 10.6 Å². The van der Waals surface area contributed by atoms with Gasteiger partial charge in [-0.25, -0.2) is 18.4 Å². The highest BCUT2D eigenvalue weighted by molar-refractivity contribution is 7.88. The van der Waals surface area contributed by atoms with Crippen molar-refractivity contribution < 1.29 is 18.3 Å². The summed E-state index contributed by atoms with van der Waals surface area (Å²) in [7, 11) is -3.48. The number of phenols is 1. The number of aromatic hydroxyl groups is 1. The minimum absolute atomic E-state index is 0.198. The molecular formula is C29H32N6O4S. The molecule has 0 aliphatic carbocycles. The molecule has 0 unspecified atom stereocenters. The highest BCUT2D eigenvalue weighted by Crippen LogP contribution is 2.21. The standard InChI is InChI=1S/C29H32N6O4S/c1-40(38,39)35(19-5-16-31-28(37)27-8-2-3-15-30-27)21-23-6-4-7-24(20-23)26-14-18-33-29(34-26)32-17-13-22-9-11-25(36)12-10-22/h2-4,6-12,14-15,18,20,36H,5,13,16-17,19,21H2,1H3,(H,31,37)(H,32,33,34). The Bertz CT molecular complexity index is 1520. The molecule has 4 rings (SSSR count). The normalized spacial score (nSPS) is 11.3. The van der Waals surface area contributed by atoms with Gasteiger partial charge in [-0.05, 0) is 60.4 Å². The van der Waals surface area contributed by atoms with Gasteiger partial charge in [-0.15, -0.1) is 0 Å². The molecule has 11 heteroatoms. The second kappa shape index (κ2) is 13.6. The average molecular weight is 561 g/mol. The first-order valence-electron chi connectivity index (χ1n) is 12.9. The Kier molecular flexibility index (Phi) is 9.76. The fourth-order valence-corrected chi connectivity index (χ4v) is 4.87. The molecule has 0 radical (unpaired) electrons. The van der Waals surface area contributed by atoms with Gasteiger partial charge in [0.2, 0.25) is 16.0 Å². The number of aromatic nitrogens is 3. The SMILES string of the molecule is CS(=O)(=O)N(CCCNC(=O)c1ccccn1)Cc1cccc(-c2ccnc(NCCc3ccc(O)cc3)n2)c1. The summed E-state index contributed by atoms with van der Waals surface area (Å²) in [5, 5.41) is 15.4. The van der Waals surface area contributed by atoms with Crippen LogP contribution in [0.5, 0.6) is 5.75 Å². The van der Waals surface area contributed by atoms with E-state index in [9.17, 15) is 18.3 Å². The zero-order valence-corrected chi connectivity index (χ0v) is 23.0. The molecule has 2 aromatic carbocycles. The molecule has 2 heterocycles. The first kappa shape index (κ1) is 28.7. The number of benzene rings is 2. The number of amides is 1. The second-order valence-electron chi connectivity index (χ2n) is 9.23. The van der Waals surface area contributed by atoms with Crippen LogP contribution in [-0.2, 0) is 23.0 Å². The Balaban J connectivity index is 1.34. The van der Waals surface area contributed by atoms with E-state index in [4.69, 9.17) is 0 Å². The van der Waals surface area contributed by atoms with E-state index in [1.54, 1.807) is 42.7 Å². The Morgan fingerprint density at radius 1 is 0.925 bits per heavy atom. The average Bonchev–Trinajstić information content (AvgIpc) is 2.96. The number of carbonyl (C=O) groups is 1. The van der Waals surface area contributed by atoms with Gasteiger partial charge in [0.15, 0.2) is 0 Å². The van der Waals surface area contributed by atoms with E-state index in [1.807, 2.05) is 42.5 Å². The summed E-state index contributed by atoms with van der Waals surface area (Å²) in [6.07, 6.45) is 5.62. The Labute approximate surface area is 234 Å². The molecule has 0 aliphatic rings. The Hall–Kier alpha value is -4.35. The zero-order valence-electron chi connectivity index (χ0n) is 22.2. The van der Waals surface area contributed by atoms with E-state index in [-0.39, 0.29) is 24.7 Å². The molecule has 1 amide bonds. The molecule has 4 aromatic rings. The maximum absolute atomic E-state index is 12.5. The fraction of sp³-hybridized carbons (Fsp3) is 0.241. The highest BCUT2D eigenvalue weighted by Gasteiger charge is 2.17. The third kappa shape index (κ3) is 8.58. The third-order valence-electron chi connectivity index (χ3n) is 6.11. The second-order valence-corrected chi connectivity index (χ2v) is 11.2. The van der Waals surface area contributed by atoms with Crippen LogP contribution >= 0.6 is 0 Å². The molecule has 10 nitrogen and oxygen atoms in total. The van der Waals surface area contributed by atoms with Gasteiger partial charge in [0.25, 0.3) is 5.91 Å². The Morgan fingerprint density at radius 2 is 1.75 bits per heavy atom. The zero-order chi connectivity index (χ0) is 28.4. The van der Waals surface area contributed by atoms with Crippen molar-refractivity contribution in [3.63, 3.8) is 0 Å². The molecule has 0 bridgehead atoms. The van der Waals surface area contributed by atoms with Crippen molar-refractivity contribution >= 4 is 21.9 Å². The number of hydrogen-bond acceptors (Lipinski definition) is 8. The number of nitrogens with one attached hydrogen (secondary N) is 2. The van der Waals surface area contributed by atoms with Crippen LogP contribution in [0.15, 0.2) is 85.2 Å². The van der Waals surface area contributed by atoms with E-state index < -0.39 is 10.0 Å². The summed E-state index contributed by atoms with van der Waals surface area (Å²) in [6, 6.07) is 21.6. The van der Waals surface area contributed by atoms with E-state index in [1.165, 1.54) is 10.6 Å². The number of pyridine rings is 1. The molecule has 0 aliphatic heterocycles. The number of rotatable bonds is 13. The molecular weight excluding hydrogens is 528 g/mol. The third-order valence-corrected chi connectivity index (χ3v) is 7.36. The quantitative estimate of drug-likeness (QED) is 0.211. The highest BCUT2D eigenvalue weighted by atomic mass is 32.2. The number of carbonyl (C=O) groups excluding carboxylic acids is 1. The summed E-state index contributed by atoms with van der Waals surface area (Å²) in [4.78, 5) is 25.1. The van der Waals surface area contributed by atoms with Gasteiger partial charge >= 0.3 is 0 Å². The molecule has 0 fully saturated rings. The number of sulfonamides is 1. The summed E-state index contributed by atoms with van der Waals surface area (Å²) >= 11 is 0. The van der Waals surface area contributed by atoms with Gasteiger partial charge in [-0.1, -0.05) is 36.4 Å². The van der Waals surface area contributed by atoms with Gasteiger partial charge in [-0.3, -0.25) is 9.78 Å². The van der Waals surface area contributed by atoms with Gasteiger partial charge in [-0.2, -0.15) is 4.31 Å². The maximum atomic E-state index is 12.5. The van der Waals surface area contributed by atoms with Crippen LogP contribution in [-0.4, -0.2) is 64.6 Å². The van der Waals surface area contributed by atoms with Gasteiger partial charge in [0.1, 0.15) is 11.4 Å². The van der Waals surface area contributed by atoms with Crippen LogP contribution in [0.3, 0.4) is 0 Å². The maximum Gasteiger partial charge on any atom is 0.269 e. The molecule has 0 atom stereocenters. The van der Waals surface area contributed by atoms with Crippen molar-refractivity contribution in [1.82, 2.24) is 24.6 Å². The van der Waals surface area contributed by atoms with E-state index in [2.05, 4.69) is 25.6 Å². The predicted molar refractivity (Wildman–Crippen MR) is 154 cm³/mol. The van der Waals surface area contributed by atoms with Crippen molar-refractivity contribution in [2.75, 3.05) is 31.2 Å². The van der Waals surface area contributed by atoms with E-state index >= 15 is 0 Å². The van der Waals surface area contributed by atoms with Crippen LogP contribution in [0.1, 0.15) is 28.0 Å². The molecule has 0 saturated heterocycles. The van der Waals surface area contributed by atoms with Crippen molar-refractivity contribution in [3.05, 3.63) is 102 Å². The van der Waals surface area contributed by atoms with Gasteiger partial charge in [0, 0.05) is 44.1 Å². The summed E-state index contributed by atoms with van der Waals surface area (Å²) in [6.45, 7) is 1.41. The monoisotopic (exact) mass is 560 g/mol. The lowest BCUT2D eigenvalue weighted by Crippen LogP contribution is -2.33. The lowest BCUT2D eigenvalue weighted by Gasteiger charge is -2.20. The molecule has 3 N–H and O–H groups in total. The first-order valence-corrected chi connectivity index (χ1v) is 14.7. The minimum Gasteiger partial charge on any atom is -0.508 e. The molecule has 0 saturated carbocycles. The van der Waals surface area contributed by atoms with Crippen molar-refractivity contribution in [1.29, 1.82) is 0 Å². The molecule has 208 valence electrons. The number of hydrogen-bond donors (Lipinski definition) is 3. The van der Waals surface area contributed by atoms with Crippen LogP contribution in [0.4, 0.5) is 5.95 Å².